The van der Waals surface area contributed by atoms with Crippen molar-refractivity contribution in [2.45, 2.75) is 25.8 Å². The molecule has 0 saturated carbocycles. The van der Waals surface area contributed by atoms with Gasteiger partial charge in [-0.05, 0) is 43.5 Å². The Morgan fingerprint density at radius 2 is 1.73 bits per heavy atom. The summed E-state index contributed by atoms with van der Waals surface area (Å²) in [5.74, 6) is 0. The molecule has 0 bridgehead atoms. The molecule has 1 N–H and O–H groups in total. The van der Waals surface area contributed by atoms with Gasteiger partial charge in [0.2, 0.25) is 0 Å². The predicted octanol–water partition coefficient (Wildman–Crippen LogP) is 4.46. The van der Waals surface area contributed by atoms with Gasteiger partial charge in [0.1, 0.15) is 0 Å². The summed E-state index contributed by atoms with van der Waals surface area (Å²) in [6, 6.07) is 19.7. The molecule has 1 atom stereocenters. The van der Waals surface area contributed by atoms with Crippen LogP contribution >= 0.6 is 0 Å². The lowest BCUT2D eigenvalue weighted by molar-refractivity contribution is 0.560. The minimum atomic E-state index is 0.377. The number of fused-ring (bicyclic) bond motifs is 1. The molecule has 22 heavy (non-hydrogen) atoms. The number of aromatic nitrogens is 1. The summed E-state index contributed by atoms with van der Waals surface area (Å²) in [6.07, 6.45) is 4.55. The second-order valence-corrected chi connectivity index (χ2v) is 5.98. The number of rotatable bonds is 6. The van der Waals surface area contributed by atoms with E-state index >= 15 is 0 Å². The fourth-order valence-electron chi connectivity index (χ4n) is 3.08. The largest absolute Gasteiger partial charge is 0.350 e. The number of benzene rings is 2. The van der Waals surface area contributed by atoms with Crippen LogP contribution in [0, 0.1) is 0 Å². The van der Waals surface area contributed by atoms with Crippen molar-refractivity contribution in [2.24, 2.45) is 7.05 Å². The van der Waals surface area contributed by atoms with Gasteiger partial charge in [-0.3, -0.25) is 0 Å². The summed E-state index contributed by atoms with van der Waals surface area (Å²) in [5.41, 5.74) is 4.11. The highest BCUT2D eigenvalue weighted by Crippen LogP contribution is 2.25. The number of nitrogens with one attached hydrogen (secondary N) is 1. The van der Waals surface area contributed by atoms with Crippen LogP contribution in [-0.4, -0.2) is 11.1 Å². The van der Waals surface area contributed by atoms with Gasteiger partial charge in [0.05, 0.1) is 0 Å². The molecule has 0 radical (unpaired) electrons. The zero-order chi connectivity index (χ0) is 15.4. The first-order valence-electron chi connectivity index (χ1n) is 8.07. The van der Waals surface area contributed by atoms with Gasteiger partial charge in [-0.25, -0.2) is 0 Å². The van der Waals surface area contributed by atoms with Gasteiger partial charge >= 0.3 is 0 Å². The maximum Gasteiger partial charge on any atom is 0.0481 e. The highest BCUT2D eigenvalue weighted by Gasteiger charge is 2.11. The lowest BCUT2D eigenvalue weighted by atomic mass is 10.1. The minimum Gasteiger partial charge on any atom is -0.350 e. The highest BCUT2D eigenvalue weighted by atomic mass is 14.9. The summed E-state index contributed by atoms with van der Waals surface area (Å²) in [5, 5.41) is 5.02. The molecule has 0 fully saturated rings. The predicted molar refractivity (Wildman–Crippen MR) is 94.1 cm³/mol. The summed E-state index contributed by atoms with van der Waals surface area (Å²) >= 11 is 0. The molecule has 1 unspecified atom stereocenters. The summed E-state index contributed by atoms with van der Waals surface area (Å²) in [4.78, 5) is 0. The van der Waals surface area contributed by atoms with Crippen LogP contribution in [0.25, 0.3) is 10.9 Å². The van der Waals surface area contributed by atoms with Gasteiger partial charge in [-0.2, -0.15) is 0 Å². The first kappa shape index (κ1) is 14.9. The van der Waals surface area contributed by atoms with Crippen molar-refractivity contribution in [3.63, 3.8) is 0 Å². The third kappa shape index (κ3) is 3.23. The molecule has 114 valence electrons. The van der Waals surface area contributed by atoms with E-state index < -0.39 is 0 Å². The second kappa shape index (κ2) is 6.80. The number of nitrogens with zero attached hydrogens (tertiary/aromatic N) is 1. The van der Waals surface area contributed by atoms with E-state index in [1.807, 2.05) is 0 Å². The van der Waals surface area contributed by atoms with Gasteiger partial charge in [-0.1, -0.05) is 48.5 Å². The first-order valence-corrected chi connectivity index (χ1v) is 8.07. The number of hydrogen-bond acceptors (Lipinski definition) is 1. The van der Waals surface area contributed by atoms with Gasteiger partial charge in [0.25, 0.3) is 0 Å². The van der Waals surface area contributed by atoms with E-state index in [1.165, 1.54) is 28.5 Å². The Balaban J connectivity index is 1.58. The molecule has 0 aliphatic carbocycles. The van der Waals surface area contributed by atoms with E-state index in [9.17, 15) is 0 Å². The number of para-hydroxylation sites is 1. The Morgan fingerprint density at radius 3 is 2.55 bits per heavy atom. The molecule has 1 heterocycles. The Kier molecular flexibility index (Phi) is 4.59. The van der Waals surface area contributed by atoms with E-state index in [0.29, 0.717) is 6.04 Å². The summed E-state index contributed by atoms with van der Waals surface area (Å²) in [6.45, 7) is 3.30. The van der Waals surface area contributed by atoms with Crippen LogP contribution in [0.15, 0.2) is 60.8 Å². The van der Waals surface area contributed by atoms with Gasteiger partial charge in [-0.15, -0.1) is 0 Å². The Bertz CT molecular complexity index is 728. The molecule has 0 spiro atoms. The Morgan fingerprint density at radius 1 is 1.00 bits per heavy atom. The summed E-state index contributed by atoms with van der Waals surface area (Å²) < 4.78 is 2.22. The third-order valence-electron chi connectivity index (χ3n) is 4.33. The molecule has 0 aliphatic heterocycles. The van der Waals surface area contributed by atoms with Crippen LogP contribution in [0.1, 0.15) is 30.5 Å². The van der Waals surface area contributed by atoms with Gasteiger partial charge in [0, 0.05) is 30.2 Å². The third-order valence-corrected chi connectivity index (χ3v) is 4.33. The topological polar surface area (TPSA) is 17.0 Å². The van der Waals surface area contributed by atoms with Crippen LogP contribution in [0.3, 0.4) is 0 Å². The van der Waals surface area contributed by atoms with Crippen molar-refractivity contribution >= 4 is 10.9 Å². The van der Waals surface area contributed by atoms with Crippen molar-refractivity contribution in [3.8, 4) is 0 Å². The molecule has 2 heteroatoms. The molecule has 2 aromatic carbocycles. The molecule has 0 saturated heterocycles. The molecular weight excluding hydrogens is 268 g/mol. The molecule has 2 nitrogen and oxygen atoms in total. The fraction of sp³-hybridized carbons (Fsp3) is 0.300. The van der Waals surface area contributed by atoms with Crippen LogP contribution in [-0.2, 0) is 13.5 Å². The minimum absolute atomic E-state index is 0.377. The number of aryl methyl sites for hydroxylation is 2. The normalized spacial score (nSPS) is 12.6. The SMILES string of the molecule is CC(NCCCc1ccccc1)c1cn(C)c2ccccc12. The molecular formula is C20H24N2. The molecule has 3 aromatic rings. The van der Waals surface area contributed by atoms with Crippen LogP contribution in [0.4, 0.5) is 0 Å². The smallest absolute Gasteiger partial charge is 0.0481 e. The van der Waals surface area contributed by atoms with Crippen LogP contribution in [0.5, 0.6) is 0 Å². The van der Waals surface area contributed by atoms with Crippen molar-refractivity contribution in [2.75, 3.05) is 6.54 Å². The van der Waals surface area contributed by atoms with E-state index in [0.717, 1.165) is 13.0 Å². The average Bonchev–Trinajstić information content (AvgIpc) is 2.90. The first-order chi connectivity index (χ1) is 10.8. The lowest BCUT2D eigenvalue weighted by Crippen LogP contribution is -2.20. The summed E-state index contributed by atoms with van der Waals surface area (Å²) in [7, 11) is 2.12. The molecule has 0 amide bonds. The molecule has 0 aliphatic rings. The molecule has 3 rings (SSSR count). The zero-order valence-corrected chi connectivity index (χ0v) is 13.4. The molecule has 1 aromatic heterocycles. The van der Waals surface area contributed by atoms with E-state index in [-0.39, 0.29) is 0 Å². The zero-order valence-electron chi connectivity index (χ0n) is 13.4. The quantitative estimate of drug-likeness (QED) is 0.664. The van der Waals surface area contributed by atoms with Gasteiger partial charge in [0.15, 0.2) is 0 Å². The fourth-order valence-corrected chi connectivity index (χ4v) is 3.08. The number of hydrogen-bond donors (Lipinski definition) is 1. The second-order valence-electron chi connectivity index (χ2n) is 5.98. The van der Waals surface area contributed by atoms with E-state index in [1.54, 1.807) is 0 Å². The van der Waals surface area contributed by atoms with Crippen LogP contribution < -0.4 is 5.32 Å². The maximum atomic E-state index is 3.66. The highest BCUT2D eigenvalue weighted by molar-refractivity contribution is 5.84. The Hall–Kier alpha value is -2.06. The van der Waals surface area contributed by atoms with E-state index in [2.05, 4.69) is 84.6 Å². The van der Waals surface area contributed by atoms with Crippen LogP contribution in [0.2, 0.25) is 0 Å². The van der Waals surface area contributed by atoms with Gasteiger partial charge < -0.3 is 9.88 Å². The Labute approximate surface area is 132 Å². The monoisotopic (exact) mass is 292 g/mol. The van der Waals surface area contributed by atoms with Crippen molar-refractivity contribution in [1.82, 2.24) is 9.88 Å². The standard InChI is InChI=1S/C20H24N2/c1-16(21-14-8-11-17-9-4-3-5-10-17)19-15-22(2)20-13-7-6-12-18(19)20/h3-7,9-10,12-13,15-16,21H,8,11,14H2,1-2H3. The van der Waals surface area contributed by atoms with E-state index in [4.69, 9.17) is 0 Å². The average molecular weight is 292 g/mol. The lowest BCUT2D eigenvalue weighted by Gasteiger charge is -2.13. The van der Waals surface area contributed by atoms with Crippen molar-refractivity contribution in [1.29, 1.82) is 0 Å². The van der Waals surface area contributed by atoms with Crippen molar-refractivity contribution in [3.05, 3.63) is 71.9 Å². The van der Waals surface area contributed by atoms with Crippen molar-refractivity contribution < 1.29 is 0 Å². The maximum absolute atomic E-state index is 3.66.